The number of unbranched alkanes of at least 4 members (excludes halogenated alkanes) is 1. The molecule has 0 saturated carbocycles. The zero-order valence-electron chi connectivity index (χ0n) is 18.6. The van der Waals surface area contributed by atoms with Crippen LogP contribution in [-0.2, 0) is 17.7 Å². The van der Waals surface area contributed by atoms with Crippen LogP contribution in [-0.4, -0.2) is 33.7 Å². The maximum Gasteiger partial charge on any atom is 0.355 e. The summed E-state index contributed by atoms with van der Waals surface area (Å²) in [5.74, 6) is -0.425. The van der Waals surface area contributed by atoms with E-state index in [1.54, 1.807) is 22.8 Å². The molecule has 2 aromatic heterocycles. The van der Waals surface area contributed by atoms with Gasteiger partial charge in [-0.25, -0.2) is 14.6 Å². The van der Waals surface area contributed by atoms with Crippen molar-refractivity contribution in [3.63, 3.8) is 0 Å². The number of rotatable bonds is 8. The number of carboxylic acids is 1. The summed E-state index contributed by atoms with van der Waals surface area (Å²) < 4.78 is 13.3. The topological polar surface area (TPSA) is 94.6 Å². The zero-order chi connectivity index (χ0) is 24.4. The Hall–Kier alpha value is -3.10. The number of ether oxygens (including phenoxy) is 1. The number of aryl methyl sites for hydroxylation is 1. The van der Waals surface area contributed by atoms with Gasteiger partial charge < -0.3 is 18.8 Å². The van der Waals surface area contributed by atoms with Gasteiger partial charge in [0.1, 0.15) is 17.2 Å². The monoisotopic (exact) mass is 544 g/mol. The summed E-state index contributed by atoms with van der Waals surface area (Å²) in [4.78, 5) is 28.4. The fourth-order valence-electron chi connectivity index (χ4n) is 3.90. The average Bonchev–Trinajstić information content (AvgIpc) is 3.33. The summed E-state index contributed by atoms with van der Waals surface area (Å²) in [5.41, 5.74) is 2.46. The summed E-state index contributed by atoms with van der Waals surface area (Å²) in [6.45, 7) is 2.36. The van der Waals surface area contributed by atoms with Crippen LogP contribution in [0.25, 0.3) is 22.3 Å². The standard InChI is InChI=1S/C25H22BrClN2O5/c1-3-4-9-19-28-23(27)21(24(30)31)29(19)13-14-10-11-18-17(12-14)20(26)22(34-18)15-7-5-6-8-16(15)25(32)33-2/h5-8,10-12H,3-4,9,13H2,1-2H3,(H,30,31). The van der Waals surface area contributed by atoms with Crippen molar-refractivity contribution < 1.29 is 23.8 Å². The van der Waals surface area contributed by atoms with Crippen molar-refractivity contribution in [1.82, 2.24) is 9.55 Å². The number of benzene rings is 2. The second-order valence-corrected chi connectivity index (χ2v) is 8.93. The van der Waals surface area contributed by atoms with E-state index in [2.05, 4.69) is 27.8 Å². The van der Waals surface area contributed by atoms with Crippen molar-refractivity contribution >= 4 is 50.4 Å². The average molecular weight is 546 g/mol. The van der Waals surface area contributed by atoms with E-state index in [1.807, 2.05) is 24.3 Å². The number of imidazole rings is 1. The molecule has 0 amide bonds. The quantitative estimate of drug-likeness (QED) is 0.251. The van der Waals surface area contributed by atoms with Gasteiger partial charge >= 0.3 is 11.9 Å². The second-order valence-electron chi connectivity index (χ2n) is 7.78. The number of methoxy groups -OCH3 is 1. The molecule has 0 fully saturated rings. The molecule has 176 valence electrons. The molecule has 0 saturated heterocycles. The molecule has 0 radical (unpaired) electrons. The molecule has 34 heavy (non-hydrogen) atoms. The van der Waals surface area contributed by atoms with Crippen molar-refractivity contribution in [2.24, 2.45) is 0 Å². The Morgan fingerprint density at radius 2 is 2.00 bits per heavy atom. The van der Waals surface area contributed by atoms with Gasteiger partial charge in [0.05, 0.1) is 17.1 Å². The number of esters is 1. The second kappa shape index (κ2) is 10.0. The summed E-state index contributed by atoms with van der Waals surface area (Å²) in [5, 5.41) is 10.5. The molecule has 0 spiro atoms. The van der Waals surface area contributed by atoms with Crippen molar-refractivity contribution in [2.75, 3.05) is 7.11 Å². The van der Waals surface area contributed by atoms with E-state index >= 15 is 0 Å². The molecule has 0 aliphatic rings. The van der Waals surface area contributed by atoms with Gasteiger partial charge in [0, 0.05) is 23.9 Å². The molecule has 0 atom stereocenters. The summed E-state index contributed by atoms with van der Waals surface area (Å²) >= 11 is 9.78. The van der Waals surface area contributed by atoms with Crippen molar-refractivity contribution in [1.29, 1.82) is 0 Å². The van der Waals surface area contributed by atoms with Gasteiger partial charge in [-0.2, -0.15) is 0 Å². The molecule has 4 rings (SSSR count). The van der Waals surface area contributed by atoms with Crippen LogP contribution in [0.5, 0.6) is 0 Å². The van der Waals surface area contributed by atoms with Crippen LogP contribution in [0.3, 0.4) is 0 Å². The number of carbonyl (C=O) groups excluding carboxylic acids is 1. The van der Waals surface area contributed by atoms with Crippen LogP contribution in [0.2, 0.25) is 5.15 Å². The van der Waals surface area contributed by atoms with E-state index in [0.717, 1.165) is 23.8 Å². The van der Waals surface area contributed by atoms with Crippen LogP contribution < -0.4 is 0 Å². The Labute approximate surface area is 209 Å². The van der Waals surface area contributed by atoms with E-state index in [4.69, 9.17) is 20.8 Å². The minimum absolute atomic E-state index is 0.00845. The fourth-order valence-corrected chi connectivity index (χ4v) is 4.79. The number of aromatic nitrogens is 2. The largest absolute Gasteiger partial charge is 0.476 e. The first kappa shape index (κ1) is 24.0. The first-order valence-corrected chi connectivity index (χ1v) is 11.9. The number of nitrogens with zero attached hydrogens (tertiary/aromatic N) is 2. The molecule has 0 aliphatic heterocycles. The van der Waals surface area contributed by atoms with E-state index in [-0.39, 0.29) is 10.8 Å². The molecule has 2 heterocycles. The lowest BCUT2D eigenvalue weighted by Crippen LogP contribution is -2.13. The van der Waals surface area contributed by atoms with Crippen LogP contribution in [0.1, 0.15) is 52.0 Å². The predicted octanol–water partition coefficient (Wildman–Crippen LogP) is 6.59. The molecule has 7 nitrogen and oxygen atoms in total. The van der Waals surface area contributed by atoms with E-state index < -0.39 is 11.9 Å². The van der Waals surface area contributed by atoms with Crippen LogP contribution in [0.15, 0.2) is 51.4 Å². The van der Waals surface area contributed by atoms with Gasteiger partial charge in [0.15, 0.2) is 10.8 Å². The third-order valence-corrected chi connectivity index (χ3v) is 6.62. The van der Waals surface area contributed by atoms with Crippen LogP contribution >= 0.6 is 27.5 Å². The third-order valence-electron chi connectivity index (χ3n) is 5.57. The van der Waals surface area contributed by atoms with Gasteiger partial charge in [0.2, 0.25) is 0 Å². The van der Waals surface area contributed by atoms with E-state index in [0.29, 0.717) is 45.7 Å². The maximum atomic E-state index is 12.2. The highest BCUT2D eigenvalue weighted by atomic mass is 79.9. The number of hydrogen-bond donors (Lipinski definition) is 1. The number of halogens is 2. The molecule has 0 bridgehead atoms. The molecule has 9 heteroatoms. The van der Waals surface area contributed by atoms with Crippen molar-refractivity contribution in [3.8, 4) is 11.3 Å². The highest BCUT2D eigenvalue weighted by molar-refractivity contribution is 9.10. The number of fused-ring (bicyclic) bond motifs is 1. The number of carbonyl (C=O) groups is 2. The number of hydrogen-bond acceptors (Lipinski definition) is 5. The van der Waals surface area contributed by atoms with Gasteiger partial charge in [-0.05, 0) is 46.1 Å². The maximum absolute atomic E-state index is 12.2. The molecule has 0 aliphatic carbocycles. The minimum Gasteiger partial charge on any atom is -0.476 e. The predicted molar refractivity (Wildman–Crippen MR) is 133 cm³/mol. The number of aromatic carboxylic acids is 1. The number of furan rings is 1. The first-order valence-electron chi connectivity index (χ1n) is 10.7. The summed E-state index contributed by atoms with van der Waals surface area (Å²) in [6, 6.07) is 12.7. The Morgan fingerprint density at radius 3 is 2.71 bits per heavy atom. The minimum atomic E-state index is -1.12. The van der Waals surface area contributed by atoms with Crippen LogP contribution in [0.4, 0.5) is 0 Å². The van der Waals surface area contributed by atoms with Gasteiger partial charge in [-0.3, -0.25) is 0 Å². The normalized spacial score (nSPS) is 11.2. The van der Waals surface area contributed by atoms with Crippen molar-refractivity contribution in [3.05, 3.63) is 74.7 Å². The van der Waals surface area contributed by atoms with Gasteiger partial charge in [-0.15, -0.1) is 0 Å². The first-order chi connectivity index (χ1) is 16.3. The Bertz CT molecular complexity index is 1390. The van der Waals surface area contributed by atoms with Gasteiger partial charge in [0.25, 0.3) is 0 Å². The van der Waals surface area contributed by atoms with E-state index in [1.165, 1.54) is 7.11 Å². The highest BCUT2D eigenvalue weighted by Gasteiger charge is 2.23. The Balaban J connectivity index is 1.77. The summed E-state index contributed by atoms with van der Waals surface area (Å²) in [7, 11) is 1.33. The lowest BCUT2D eigenvalue weighted by Gasteiger charge is -2.10. The smallest absolute Gasteiger partial charge is 0.355 e. The molecular weight excluding hydrogens is 524 g/mol. The third kappa shape index (κ3) is 4.48. The lowest BCUT2D eigenvalue weighted by molar-refractivity contribution is 0.0600. The Morgan fingerprint density at radius 1 is 1.24 bits per heavy atom. The highest BCUT2D eigenvalue weighted by Crippen LogP contribution is 2.39. The Kier molecular flexibility index (Phi) is 7.09. The molecule has 4 aromatic rings. The van der Waals surface area contributed by atoms with Crippen LogP contribution in [0, 0.1) is 0 Å². The molecule has 0 unspecified atom stereocenters. The lowest BCUT2D eigenvalue weighted by atomic mass is 10.0. The number of carboxylic acid groups (broad SMARTS) is 1. The SMILES string of the molecule is CCCCc1nc(Cl)c(C(=O)O)n1Cc1ccc2oc(-c3ccccc3C(=O)OC)c(Br)c2c1. The molecule has 1 N–H and O–H groups in total. The summed E-state index contributed by atoms with van der Waals surface area (Å²) in [6.07, 6.45) is 2.47. The zero-order valence-corrected chi connectivity index (χ0v) is 20.9. The van der Waals surface area contributed by atoms with E-state index in [9.17, 15) is 14.7 Å². The van der Waals surface area contributed by atoms with Crippen molar-refractivity contribution in [2.45, 2.75) is 32.7 Å². The van der Waals surface area contributed by atoms with Gasteiger partial charge in [-0.1, -0.05) is 49.2 Å². The fraction of sp³-hybridized carbons (Fsp3) is 0.240. The molecular formula is C25H22BrClN2O5. The molecule has 2 aromatic carbocycles.